The van der Waals surface area contributed by atoms with E-state index in [-0.39, 0.29) is 11.9 Å². The normalized spacial score (nSPS) is 12.1. The molecular formula is C10H20N2O2. The number of carbonyl (C=O) groups is 1. The smallest absolute Gasteiger partial charge is 0.236 e. The highest BCUT2D eigenvalue weighted by molar-refractivity contribution is 5.81. The summed E-state index contributed by atoms with van der Waals surface area (Å²) < 4.78 is 4.87. The van der Waals surface area contributed by atoms with Crippen LogP contribution in [0.25, 0.3) is 0 Å². The third-order valence-corrected chi connectivity index (χ3v) is 1.79. The first-order valence-corrected chi connectivity index (χ1v) is 4.83. The Morgan fingerprint density at radius 3 is 2.93 bits per heavy atom. The van der Waals surface area contributed by atoms with Gasteiger partial charge < -0.3 is 15.4 Å². The van der Waals surface area contributed by atoms with Gasteiger partial charge in [0.05, 0.1) is 6.04 Å². The van der Waals surface area contributed by atoms with E-state index in [0.717, 1.165) is 6.42 Å². The Morgan fingerprint density at radius 2 is 2.36 bits per heavy atom. The summed E-state index contributed by atoms with van der Waals surface area (Å²) in [6.45, 7) is 7.38. The second-order valence-electron chi connectivity index (χ2n) is 3.06. The number of ether oxygens (including phenoxy) is 1. The lowest BCUT2D eigenvalue weighted by Crippen LogP contribution is -2.42. The zero-order chi connectivity index (χ0) is 10.8. The molecule has 4 heteroatoms. The Balaban J connectivity index is 3.46. The van der Waals surface area contributed by atoms with E-state index in [0.29, 0.717) is 19.7 Å². The van der Waals surface area contributed by atoms with Crippen LogP contribution in [0.4, 0.5) is 0 Å². The highest BCUT2D eigenvalue weighted by Crippen LogP contribution is 1.83. The zero-order valence-electron chi connectivity index (χ0n) is 9.01. The van der Waals surface area contributed by atoms with Gasteiger partial charge in [-0.15, -0.1) is 6.58 Å². The van der Waals surface area contributed by atoms with Crippen molar-refractivity contribution < 1.29 is 9.53 Å². The Bertz CT molecular complexity index is 172. The van der Waals surface area contributed by atoms with Gasteiger partial charge in [0, 0.05) is 26.8 Å². The van der Waals surface area contributed by atoms with Gasteiger partial charge in [-0.25, -0.2) is 0 Å². The summed E-state index contributed by atoms with van der Waals surface area (Å²) in [6, 6.07) is -0.171. The molecule has 1 unspecified atom stereocenters. The minimum atomic E-state index is -0.171. The maximum Gasteiger partial charge on any atom is 0.236 e. The van der Waals surface area contributed by atoms with Crippen LogP contribution in [-0.4, -0.2) is 38.8 Å². The van der Waals surface area contributed by atoms with Gasteiger partial charge in [-0.3, -0.25) is 4.79 Å². The first-order chi connectivity index (χ1) is 6.72. The molecule has 0 radical (unpaired) electrons. The monoisotopic (exact) mass is 200 g/mol. The number of hydrogen-bond donors (Lipinski definition) is 2. The highest BCUT2D eigenvalue weighted by Gasteiger charge is 2.09. The predicted molar refractivity (Wildman–Crippen MR) is 57.2 cm³/mol. The molecule has 14 heavy (non-hydrogen) atoms. The predicted octanol–water partition coefficient (Wildman–Crippen LogP) is 0.303. The van der Waals surface area contributed by atoms with E-state index < -0.39 is 0 Å². The number of methoxy groups -OCH3 is 1. The van der Waals surface area contributed by atoms with Crippen LogP contribution >= 0.6 is 0 Å². The van der Waals surface area contributed by atoms with Crippen molar-refractivity contribution in [3.8, 4) is 0 Å². The van der Waals surface area contributed by atoms with Crippen LogP contribution in [-0.2, 0) is 9.53 Å². The summed E-state index contributed by atoms with van der Waals surface area (Å²) in [6.07, 6.45) is 2.57. The Kier molecular flexibility index (Phi) is 8.17. The molecule has 2 N–H and O–H groups in total. The SMILES string of the molecule is C=CCNC(C)C(=O)NCCCOC. The average Bonchev–Trinajstić information content (AvgIpc) is 2.20. The molecule has 0 aromatic carbocycles. The van der Waals surface area contributed by atoms with Crippen molar-refractivity contribution in [3.05, 3.63) is 12.7 Å². The van der Waals surface area contributed by atoms with E-state index in [4.69, 9.17) is 4.74 Å². The van der Waals surface area contributed by atoms with Gasteiger partial charge in [-0.05, 0) is 13.3 Å². The summed E-state index contributed by atoms with van der Waals surface area (Å²) >= 11 is 0. The molecule has 1 amide bonds. The van der Waals surface area contributed by atoms with Crippen molar-refractivity contribution in [2.45, 2.75) is 19.4 Å². The molecule has 0 aromatic heterocycles. The van der Waals surface area contributed by atoms with E-state index >= 15 is 0 Å². The Labute approximate surface area is 85.7 Å². The van der Waals surface area contributed by atoms with E-state index in [2.05, 4.69) is 17.2 Å². The molecule has 0 saturated carbocycles. The average molecular weight is 200 g/mol. The van der Waals surface area contributed by atoms with Crippen molar-refractivity contribution in [1.82, 2.24) is 10.6 Å². The van der Waals surface area contributed by atoms with Gasteiger partial charge in [0.2, 0.25) is 5.91 Å². The van der Waals surface area contributed by atoms with E-state index in [9.17, 15) is 4.79 Å². The summed E-state index contributed by atoms with van der Waals surface area (Å²) in [5.74, 6) is 0.0166. The molecule has 1 atom stereocenters. The van der Waals surface area contributed by atoms with Crippen LogP contribution in [0.2, 0.25) is 0 Å². The third-order valence-electron chi connectivity index (χ3n) is 1.79. The summed E-state index contributed by atoms with van der Waals surface area (Å²) in [5.41, 5.74) is 0. The van der Waals surface area contributed by atoms with Crippen molar-refractivity contribution in [2.24, 2.45) is 0 Å². The van der Waals surface area contributed by atoms with Gasteiger partial charge >= 0.3 is 0 Å². The van der Waals surface area contributed by atoms with Crippen molar-refractivity contribution in [1.29, 1.82) is 0 Å². The Hall–Kier alpha value is -0.870. The molecule has 82 valence electrons. The van der Waals surface area contributed by atoms with Crippen molar-refractivity contribution in [3.63, 3.8) is 0 Å². The van der Waals surface area contributed by atoms with Gasteiger partial charge in [-0.1, -0.05) is 6.08 Å². The number of hydrogen-bond acceptors (Lipinski definition) is 3. The summed E-state index contributed by atoms with van der Waals surface area (Å²) in [7, 11) is 1.65. The van der Waals surface area contributed by atoms with Gasteiger partial charge in [-0.2, -0.15) is 0 Å². The Morgan fingerprint density at radius 1 is 1.64 bits per heavy atom. The quantitative estimate of drug-likeness (QED) is 0.438. The number of nitrogens with one attached hydrogen (secondary N) is 2. The van der Waals surface area contributed by atoms with Crippen LogP contribution in [0.15, 0.2) is 12.7 Å². The first-order valence-electron chi connectivity index (χ1n) is 4.83. The fourth-order valence-corrected chi connectivity index (χ4v) is 0.934. The van der Waals surface area contributed by atoms with E-state index in [1.807, 2.05) is 6.92 Å². The molecule has 0 aliphatic heterocycles. The molecule has 0 fully saturated rings. The number of rotatable bonds is 8. The molecule has 0 heterocycles. The maximum absolute atomic E-state index is 11.4. The van der Waals surface area contributed by atoms with Crippen LogP contribution in [0, 0.1) is 0 Å². The van der Waals surface area contributed by atoms with Gasteiger partial charge in [0.25, 0.3) is 0 Å². The molecule has 0 rings (SSSR count). The number of carbonyl (C=O) groups excluding carboxylic acids is 1. The molecule has 0 saturated heterocycles. The van der Waals surface area contributed by atoms with Crippen molar-refractivity contribution >= 4 is 5.91 Å². The topological polar surface area (TPSA) is 50.4 Å². The summed E-state index contributed by atoms with van der Waals surface area (Å²) in [5, 5.41) is 5.82. The molecule has 0 aromatic rings. The van der Waals surface area contributed by atoms with E-state index in [1.54, 1.807) is 13.2 Å². The van der Waals surface area contributed by atoms with E-state index in [1.165, 1.54) is 0 Å². The van der Waals surface area contributed by atoms with Gasteiger partial charge in [0.1, 0.15) is 0 Å². The minimum absolute atomic E-state index is 0.0166. The maximum atomic E-state index is 11.4. The molecule has 0 aliphatic carbocycles. The van der Waals surface area contributed by atoms with Crippen LogP contribution in [0.3, 0.4) is 0 Å². The summed E-state index contributed by atoms with van der Waals surface area (Å²) in [4.78, 5) is 11.4. The van der Waals surface area contributed by atoms with Crippen LogP contribution in [0.5, 0.6) is 0 Å². The lowest BCUT2D eigenvalue weighted by molar-refractivity contribution is -0.122. The van der Waals surface area contributed by atoms with Crippen LogP contribution < -0.4 is 10.6 Å². The minimum Gasteiger partial charge on any atom is -0.385 e. The molecule has 0 aliphatic rings. The molecule has 0 spiro atoms. The molecular weight excluding hydrogens is 180 g/mol. The lowest BCUT2D eigenvalue weighted by Gasteiger charge is -2.12. The van der Waals surface area contributed by atoms with Crippen LogP contribution in [0.1, 0.15) is 13.3 Å². The second-order valence-corrected chi connectivity index (χ2v) is 3.06. The lowest BCUT2D eigenvalue weighted by atomic mass is 10.3. The third kappa shape index (κ3) is 6.62. The molecule has 0 bridgehead atoms. The largest absolute Gasteiger partial charge is 0.385 e. The fourth-order valence-electron chi connectivity index (χ4n) is 0.934. The highest BCUT2D eigenvalue weighted by atomic mass is 16.5. The fraction of sp³-hybridized carbons (Fsp3) is 0.700. The standard InChI is InChI=1S/C10H20N2O2/c1-4-6-11-9(2)10(13)12-7-5-8-14-3/h4,9,11H,1,5-8H2,2-3H3,(H,12,13). The van der Waals surface area contributed by atoms with Crippen molar-refractivity contribution in [2.75, 3.05) is 26.8 Å². The zero-order valence-corrected chi connectivity index (χ0v) is 9.01. The number of amides is 1. The first kappa shape index (κ1) is 13.1. The second kappa shape index (κ2) is 8.72. The van der Waals surface area contributed by atoms with Gasteiger partial charge in [0.15, 0.2) is 0 Å². The molecule has 4 nitrogen and oxygen atoms in total.